The first-order valence-electron chi connectivity index (χ1n) is 9.36. The number of non-ortho nitro benzene ring substituents is 1. The number of halogens is 4. The second kappa shape index (κ2) is 10.8. The molecule has 0 saturated heterocycles. The fourth-order valence-electron chi connectivity index (χ4n) is 2.84. The molecule has 0 unspecified atom stereocenters. The summed E-state index contributed by atoms with van der Waals surface area (Å²) < 4.78 is 41.9. The van der Waals surface area contributed by atoms with Gasteiger partial charge >= 0.3 is 6.36 Å². The number of anilines is 1. The van der Waals surface area contributed by atoms with Crippen LogP contribution in [0.2, 0.25) is 0 Å². The van der Waals surface area contributed by atoms with Gasteiger partial charge in [-0.2, -0.15) is 0 Å². The number of rotatable bonds is 8. The predicted octanol–water partition coefficient (Wildman–Crippen LogP) is 4.66. The fourth-order valence-corrected chi connectivity index (χ4v) is 3.88. The molecule has 0 spiro atoms. The van der Waals surface area contributed by atoms with Crippen LogP contribution in [-0.4, -0.2) is 54.3 Å². The van der Waals surface area contributed by atoms with Crippen molar-refractivity contribution in [3.8, 4) is 5.75 Å². The molecule has 0 aliphatic carbocycles. The molecule has 8 nitrogen and oxygen atoms in total. The van der Waals surface area contributed by atoms with Gasteiger partial charge < -0.3 is 9.64 Å². The quantitative estimate of drug-likeness (QED) is 0.327. The molecule has 178 valence electrons. The minimum absolute atomic E-state index is 0. The number of alkyl halides is 3. The number of nitro benzene ring substituents is 1. The van der Waals surface area contributed by atoms with Crippen molar-refractivity contribution in [3.63, 3.8) is 0 Å². The maximum absolute atomic E-state index is 13.0. The molecule has 3 rings (SSSR count). The van der Waals surface area contributed by atoms with Gasteiger partial charge in [-0.1, -0.05) is 23.5 Å². The zero-order valence-corrected chi connectivity index (χ0v) is 19.2. The van der Waals surface area contributed by atoms with Crippen molar-refractivity contribution >= 4 is 50.7 Å². The molecular formula is C20H20ClF3N4O4S. The second-order valence-corrected chi connectivity index (χ2v) is 8.13. The first-order valence-corrected chi connectivity index (χ1v) is 10.2. The van der Waals surface area contributed by atoms with E-state index in [-0.39, 0.29) is 36.2 Å². The number of thiazole rings is 1. The summed E-state index contributed by atoms with van der Waals surface area (Å²) in [5.41, 5.74) is 0.962. The maximum Gasteiger partial charge on any atom is 0.573 e. The third-order valence-electron chi connectivity index (χ3n) is 4.39. The van der Waals surface area contributed by atoms with Crippen LogP contribution < -0.4 is 9.64 Å². The summed E-state index contributed by atoms with van der Waals surface area (Å²) >= 11 is 1.08. The average Bonchev–Trinajstić information content (AvgIpc) is 3.09. The van der Waals surface area contributed by atoms with Gasteiger partial charge in [0.1, 0.15) is 5.75 Å². The molecule has 0 radical (unpaired) electrons. The van der Waals surface area contributed by atoms with Gasteiger partial charge in [0.05, 0.1) is 21.6 Å². The Hall–Kier alpha value is -2.96. The molecule has 1 heterocycles. The number of ether oxygens (including phenoxy) is 1. The van der Waals surface area contributed by atoms with Gasteiger partial charge in [0.15, 0.2) is 5.13 Å². The van der Waals surface area contributed by atoms with Crippen molar-refractivity contribution in [1.29, 1.82) is 0 Å². The van der Waals surface area contributed by atoms with Crippen LogP contribution in [-0.2, 0) is 11.2 Å². The van der Waals surface area contributed by atoms with E-state index >= 15 is 0 Å². The van der Waals surface area contributed by atoms with Crippen LogP contribution in [0.5, 0.6) is 5.75 Å². The fraction of sp³-hybridized carbons (Fsp3) is 0.300. The van der Waals surface area contributed by atoms with Crippen LogP contribution in [0.25, 0.3) is 10.2 Å². The lowest BCUT2D eigenvalue weighted by molar-refractivity contribution is -0.384. The lowest BCUT2D eigenvalue weighted by Crippen LogP contribution is -2.37. The molecule has 33 heavy (non-hydrogen) atoms. The van der Waals surface area contributed by atoms with Crippen molar-refractivity contribution in [3.05, 3.63) is 58.1 Å². The summed E-state index contributed by atoms with van der Waals surface area (Å²) in [5, 5.41) is 11.2. The number of amides is 1. The first-order chi connectivity index (χ1) is 15.0. The standard InChI is InChI=1S/C20H19F3N4O4S.ClH/c1-25(2)9-10-26(18(28)11-13-3-5-14(6-4-13)27(29)30)19-24-16-8-7-15(12-17(16)32-19)31-20(21,22)23;/h3-8,12H,9-11H2,1-2H3;1H. The molecule has 0 fully saturated rings. The molecule has 0 N–H and O–H groups in total. The van der Waals surface area contributed by atoms with Crippen LogP contribution in [0.1, 0.15) is 5.56 Å². The molecule has 0 saturated carbocycles. The number of hydrogen-bond acceptors (Lipinski definition) is 7. The molecule has 0 aliphatic heterocycles. The molecular weight excluding hydrogens is 485 g/mol. The van der Waals surface area contributed by atoms with Crippen LogP contribution >= 0.6 is 23.7 Å². The van der Waals surface area contributed by atoms with E-state index in [9.17, 15) is 28.1 Å². The number of hydrogen-bond donors (Lipinski definition) is 0. The summed E-state index contributed by atoms with van der Waals surface area (Å²) in [6.07, 6.45) is -4.82. The summed E-state index contributed by atoms with van der Waals surface area (Å²) in [7, 11) is 3.69. The van der Waals surface area contributed by atoms with Gasteiger partial charge in [-0.05, 0) is 31.8 Å². The Labute approximate surface area is 197 Å². The third kappa shape index (κ3) is 7.27. The number of carbonyl (C=O) groups is 1. The van der Waals surface area contributed by atoms with Gasteiger partial charge in [0.2, 0.25) is 5.91 Å². The molecule has 1 aromatic heterocycles. The highest BCUT2D eigenvalue weighted by atomic mass is 35.5. The zero-order chi connectivity index (χ0) is 23.5. The van der Waals surface area contributed by atoms with Crippen LogP contribution in [0.3, 0.4) is 0 Å². The highest BCUT2D eigenvalue weighted by Gasteiger charge is 2.31. The van der Waals surface area contributed by atoms with Gasteiger partial charge in [0.25, 0.3) is 5.69 Å². The second-order valence-electron chi connectivity index (χ2n) is 7.12. The SMILES string of the molecule is CN(C)CCN(C(=O)Cc1ccc([N+](=O)[O-])cc1)c1nc2ccc(OC(F)(F)F)cc2s1.Cl. The molecule has 2 aromatic carbocycles. The first kappa shape index (κ1) is 26.3. The highest BCUT2D eigenvalue weighted by molar-refractivity contribution is 7.22. The van der Waals surface area contributed by atoms with E-state index in [0.717, 1.165) is 11.3 Å². The van der Waals surface area contributed by atoms with Crippen LogP contribution in [0.15, 0.2) is 42.5 Å². The number of carbonyl (C=O) groups excluding carboxylic acids is 1. The Morgan fingerprint density at radius 2 is 1.82 bits per heavy atom. The van der Waals surface area contributed by atoms with E-state index in [1.54, 1.807) is 0 Å². The van der Waals surface area contributed by atoms with Crippen molar-refractivity contribution in [2.75, 3.05) is 32.1 Å². The van der Waals surface area contributed by atoms with Crippen LogP contribution in [0, 0.1) is 10.1 Å². The molecule has 1 amide bonds. The normalized spacial score (nSPS) is 11.3. The Bertz CT molecular complexity index is 1120. The number of nitro groups is 1. The monoisotopic (exact) mass is 504 g/mol. The molecule has 3 aromatic rings. The van der Waals surface area contributed by atoms with Gasteiger partial charge in [0, 0.05) is 31.3 Å². The van der Waals surface area contributed by atoms with E-state index in [0.29, 0.717) is 34.0 Å². The smallest absolute Gasteiger partial charge is 0.406 e. The Morgan fingerprint density at radius 3 is 2.39 bits per heavy atom. The van der Waals surface area contributed by atoms with Crippen molar-refractivity contribution < 1.29 is 27.6 Å². The number of benzene rings is 2. The van der Waals surface area contributed by atoms with Crippen molar-refractivity contribution in [2.45, 2.75) is 12.8 Å². The summed E-state index contributed by atoms with van der Waals surface area (Å²) in [6, 6.07) is 9.48. The average molecular weight is 505 g/mol. The minimum Gasteiger partial charge on any atom is -0.406 e. The summed E-state index contributed by atoms with van der Waals surface area (Å²) in [4.78, 5) is 31.1. The number of aromatic nitrogens is 1. The molecule has 0 bridgehead atoms. The summed E-state index contributed by atoms with van der Waals surface area (Å²) in [6.45, 7) is 0.842. The van der Waals surface area contributed by atoms with Gasteiger partial charge in [-0.25, -0.2) is 4.98 Å². The van der Waals surface area contributed by atoms with E-state index in [2.05, 4.69) is 9.72 Å². The lowest BCUT2D eigenvalue weighted by atomic mass is 10.1. The topological polar surface area (TPSA) is 88.8 Å². The van der Waals surface area contributed by atoms with Crippen LogP contribution in [0.4, 0.5) is 24.0 Å². The Balaban J connectivity index is 0.00000385. The molecule has 13 heteroatoms. The third-order valence-corrected chi connectivity index (χ3v) is 5.43. The minimum atomic E-state index is -4.81. The Morgan fingerprint density at radius 1 is 1.15 bits per heavy atom. The van der Waals surface area contributed by atoms with Crippen molar-refractivity contribution in [2.24, 2.45) is 0 Å². The van der Waals surface area contributed by atoms with E-state index < -0.39 is 11.3 Å². The van der Waals surface area contributed by atoms with Gasteiger partial charge in [-0.3, -0.25) is 19.8 Å². The van der Waals surface area contributed by atoms with Crippen molar-refractivity contribution in [1.82, 2.24) is 9.88 Å². The van der Waals surface area contributed by atoms with E-state index in [4.69, 9.17) is 0 Å². The summed E-state index contributed by atoms with van der Waals surface area (Å²) in [5.74, 6) is -0.649. The van der Waals surface area contributed by atoms with E-state index in [1.165, 1.54) is 47.4 Å². The predicted molar refractivity (Wildman–Crippen MR) is 121 cm³/mol. The Kier molecular flexibility index (Phi) is 8.58. The zero-order valence-electron chi connectivity index (χ0n) is 17.5. The number of likely N-dealkylation sites (N-methyl/N-ethyl adjacent to an activating group) is 1. The largest absolute Gasteiger partial charge is 0.573 e. The highest BCUT2D eigenvalue weighted by Crippen LogP contribution is 2.33. The van der Waals surface area contributed by atoms with E-state index in [1.807, 2.05) is 19.0 Å². The lowest BCUT2D eigenvalue weighted by Gasteiger charge is -2.22. The molecule has 0 atom stereocenters. The number of fused-ring (bicyclic) bond motifs is 1. The molecule has 0 aliphatic rings. The van der Waals surface area contributed by atoms with Gasteiger partial charge in [-0.15, -0.1) is 25.6 Å². The maximum atomic E-state index is 13.0. The number of nitrogens with zero attached hydrogens (tertiary/aromatic N) is 4.